The SMILES string of the molecule is CCOc1cc(Br)c(C(Br)c2ccsc2)cc1OCC. The second-order valence-corrected chi connectivity index (χ2v) is 6.66. The molecule has 0 aliphatic rings. The first-order chi connectivity index (χ1) is 9.67. The molecule has 1 atom stereocenters. The van der Waals surface area contributed by atoms with Crippen LogP contribution < -0.4 is 9.47 Å². The number of alkyl halides is 1. The molecule has 5 heteroatoms. The van der Waals surface area contributed by atoms with Gasteiger partial charge in [-0.25, -0.2) is 0 Å². The molecular formula is C15H16Br2O2S. The molecule has 2 nitrogen and oxygen atoms in total. The molecule has 1 heterocycles. The topological polar surface area (TPSA) is 18.5 Å². The van der Waals surface area contributed by atoms with Gasteiger partial charge in [0.1, 0.15) is 0 Å². The van der Waals surface area contributed by atoms with Crippen molar-refractivity contribution in [1.29, 1.82) is 0 Å². The Morgan fingerprint density at radius 1 is 1.15 bits per heavy atom. The van der Waals surface area contributed by atoms with Crippen LogP contribution in [0.25, 0.3) is 0 Å². The van der Waals surface area contributed by atoms with Gasteiger partial charge in [0.2, 0.25) is 0 Å². The lowest BCUT2D eigenvalue weighted by molar-refractivity contribution is 0.287. The number of benzene rings is 1. The van der Waals surface area contributed by atoms with Crippen LogP contribution in [0, 0.1) is 0 Å². The largest absolute Gasteiger partial charge is 0.490 e. The highest BCUT2D eigenvalue weighted by Crippen LogP contribution is 2.42. The molecule has 20 heavy (non-hydrogen) atoms. The van der Waals surface area contributed by atoms with Gasteiger partial charge >= 0.3 is 0 Å². The summed E-state index contributed by atoms with van der Waals surface area (Å²) in [5.74, 6) is 1.56. The van der Waals surface area contributed by atoms with Crippen LogP contribution in [0.1, 0.15) is 29.8 Å². The zero-order chi connectivity index (χ0) is 14.5. The first kappa shape index (κ1) is 15.9. The van der Waals surface area contributed by atoms with Crippen molar-refractivity contribution < 1.29 is 9.47 Å². The Morgan fingerprint density at radius 3 is 2.35 bits per heavy atom. The number of ether oxygens (including phenoxy) is 2. The minimum absolute atomic E-state index is 0.137. The summed E-state index contributed by atoms with van der Waals surface area (Å²) in [7, 11) is 0. The fourth-order valence-corrected chi connectivity index (χ4v) is 4.26. The van der Waals surface area contributed by atoms with Gasteiger partial charge in [0, 0.05) is 4.47 Å². The molecule has 0 N–H and O–H groups in total. The maximum absolute atomic E-state index is 5.69. The number of rotatable bonds is 6. The van der Waals surface area contributed by atoms with E-state index in [0.717, 1.165) is 21.5 Å². The number of halogens is 2. The van der Waals surface area contributed by atoms with Gasteiger partial charge in [0.05, 0.1) is 18.0 Å². The van der Waals surface area contributed by atoms with Crippen molar-refractivity contribution >= 4 is 43.2 Å². The Bertz CT molecular complexity index is 555. The summed E-state index contributed by atoms with van der Waals surface area (Å²) in [6.07, 6.45) is 0. The van der Waals surface area contributed by atoms with Crippen molar-refractivity contribution in [3.8, 4) is 11.5 Å². The van der Waals surface area contributed by atoms with E-state index in [4.69, 9.17) is 9.47 Å². The maximum Gasteiger partial charge on any atom is 0.162 e. The highest BCUT2D eigenvalue weighted by molar-refractivity contribution is 9.11. The predicted molar refractivity (Wildman–Crippen MR) is 91.6 cm³/mol. The van der Waals surface area contributed by atoms with E-state index in [-0.39, 0.29) is 4.83 Å². The average Bonchev–Trinajstić information content (AvgIpc) is 2.95. The summed E-state index contributed by atoms with van der Waals surface area (Å²) in [6, 6.07) is 6.13. The van der Waals surface area contributed by atoms with E-state index in [1.54, 1.807) is 11.3 Å². The minimum Gasteiger partial charge on any atom is -0.490 e. The van der Waals surface area contributed by atoms with Gasteiger partial charge in [0.25, 0.3) is 0 Å². The van der Waals surface area contributed by atoms with Crippen molar-refractivity contribution in [2.45, 2.75) is 18.7 Å². The van der Waals surface area contributed by atoms with Gasteiger partial charge in [-0.15, -0.1) is 0 Å². The molecule has 0 fully saturated rings. The van der Waals surface area contributed by atoms with Gasteiger partial charge < -0.3 is 9.47 Å². The van der Waals surface area contributed by atoms with Gasteiger partial charge in [-0.3, -0.25) is 0 Å². The second kappa shape index (κ2) is 7.48. The average molecular weight is 420 g/mol. The molecule has 0 aliphatic heterocycles. The molecule has 1 unspecified atom stereocenters. The van der Waals surface area contributed by atoms with Gasteiger partial charge in [-0.05, 0) is 53.9 Å². The maximum atomic E-state index is 5.69. The smallest absolute Gasteiger partial charge is 0.162 e. The standard InChI is InChI=1S/C15H16Br2O2S/c1-3-18-13-7-11(12(16)8-14(13)19-4-2)15(17)10-5-6-20-9-10/h5-9,15H,3-4H2,1-2H3. The zero-order valence-electron chi connectivity index (χ0n) is 11.4. The monoisotopic (exact) mass is 418 g/mol. The number of hydrogen-bond donors (Lipinski definition) is 0. The summed E-state index contributed by atoms with van der Waals surface area (Å²) in [6.45, 7) is 5.18. The van der Waals surface area contributed by atoms with Crippen LogP contribution in [0.3, 0.4) is 0 Å². The highest BCUT2D eigenvalue weighted by Gasteiger charge is 2.18. The van der Waals surface area contributed by atoms with Crippen LogP contribution in [0.2, 0.25) is 0 Å². The van der Waals surface area contributed by atoms with Crippen LogP contribution in [0.4, 0.5) is 0 Å². The van der Waals surface area contributed by atoms with Crippen LogP contribution in [0.15, 0.2) is 33.4 Å². The molecular weight excluding hydrogens is 404 g/mol. The molecule has 0 saturated carbocycles. The molecule has 0 saturated heterocycles. The van der Waals surface area contributed by atoms with E-state index >= 15 is 0 Å². The van der Waals surface area contributed by atoms with E-state index in [1.807, 2.05) is 26.0 Å². The van der Waals surface area contributed by atoms with Crippen molar-refractivity contribution in [3.63, 3.8) is 0 Å². The first-order valence-electron chi connectivity index (χ1n) is 6.42. The molecule has 108 valence electrons. The summed E-state index contributed by atoms with van der Waals surface area (Å²) in [4.78, 5) is 0.137. The van der Waals surface area contributed by atoms with Gasteiger partial charge in [-0.1, -0.05) is 31.9 Å². The fraction of sp³-hybridized carbons (Fsp3) is 0.333. The summed E-state index contributed by atoms with van der Waals surface area (Å²) < 4.78 is 12.3. The Morgan fingerprint density at radius 2 is 1.80 bits per heavy atom. The Balaban J connectivity index is 2.40. The molecule has 0 bridgehead atoms. The second-order valence-electron chi connectivity index (χ2n) is 4.11. The molecule has 2 aromatic rings. The Labute approximate surface area is 140 Å². The lowest BCUT2D eigenvalue weighted by atomic mass is 10.1. The molecule has 0 aliphatic carbocycles. The van der Waals surface area contributed by atoms with Crippen molar-refractivity contribution in [3.05, 3.63) is 44.6 Å². The fourth-order valence-electron chi connectivity index (χ4n) is 1.88. The van der Waals surface area contributed by atoms with Crippen LogP contribution in [-0.4, -0.2) is 13.2 Å². The Kier molecular flexibility index (Phi) is 5.93. The first-order valence-corrected chi connectivity index (χ1v) is 9.07. The quantitative estimate of drug-likeness (QED) is 0.551. The van der Waals surface area contributed by atoms with Gasteiger partial charge in [-0.2, -0.15) is 11.3 Å². The van der Waals surface area contributed by atoms with Crippen molar-refractivity contribution in [2.24, 2.45) is 0 Å². The van der Waals surface area contributed by atoms with Crippen molar-refractivity contribution in [2.75, 3.05) is 13.2 Å². The predicted octanol–water partition coefficient (Wildman–Crippen LogP) is 5.79. The molecule has 2 rings (SSSR count). The summed E-state index contributed by atoms with van der Waals surface area (Å²) in [5.41, 5.74) is 2.37. The van der Waals surface area contributed by atoms with E-state index in [1.165, 1.54) is 5.56 Å². The Hall–Kier alpha value is -0.520. The highest BCUT2D eigenvalue weighted by atomic mass is 79.9. The molecule has 1 aromatic carbocycles. The lowest BCUT2D eigenvalue weighted by Crippen LogP contribution is -2.01. The molecule has 0 spiro atoms. The lowest BCUT2D eigenvalue weighted by Gasteiger charge is -2.17. The molecule has 0 amide bonds. The third kappa shape index (κ3) is 3.57. The van der Waals surface area contributed by atoms with E-state index in [2.05, 4.69) is 48.7 Å². The van der Waals surface area contributed by atoms with Crippen molar-refractivity contribution in [1.82, 2.24) is 0 Å². The number of thiophene rings is 1. The van der Waals surface area contributed by atoms with Gasteiger partial charge in [0.15, 0.2) is 11.5 Å². The third-order valence-electron chi connectivity index (χ3n) is 2.77. The molecule has 0 radical (unpaired) electrons. The normalized spacial score (nSPS) is 12.2. The third-order valence-corrected chi connectivity index (χ3v) is 5.18. The van der Waals surface area contributed by atoms with E-state index < -0.39 is 0 Å². The summed E-state index contributed by atoms with van der Waals surface area (Å²) >= 11 is 9.07. The summed E-state index contributed by atoms with van der Waals surface area (Å²) in [5, 5.41) is 4.22. The van der Waals surface area contributed by atoms with Crippen LogP contribution >= 0.6 is 43.2 Å². The van der Waals surface area contributed by atoms with Crippen LogP contribution in [-0.2, 0) is 0 Å². The number of hydrogen-bond acceptors (Lipinski definition) is 3. The van der Waals surface area contributed by atoms with E-state index in [9.17, 15) is 0 Å². The minimum atomic E-state index is 0.137. The molecule has 1 aromatic heterocycles. The van der Waals surface area contributed by atoms with E-state index in [0.29, 0.717) is 13.2 Å². The zero-order valence-corrected chi connectivity index (χ0v) is 15.3. The van der Waals surface area contributed by atoms with Crippen LogP contribution in [0.5, 0.6) is 11.5 Å².